The van der Waals surface area contributed by atoms with Gasteiger partial charge in [-0.2, -0.15) is 0 Å². The van der Waals surface area contributed by atoms with Gasteiger partial charge in [-0.15, -0.1) is 0 Å². The molecular weight excluding hydrogens is 296 g/mol. The molecule has 4 nitrogen and oxygen atoms in total. The van der Waals surface area contributed by atoms with E-state index in [0.29, 0.717) is 16.6 Å². The molecule has 1 aliphatic heterocycles. The maximum absolute atomic E-state index is 5.46. The van der Waals surface area contributed by atoms with Crippen molar-refractivity contribution < 1.29 is 9.47 Å². The molecule has 2 unspecified atom stereocenters. The zero-order valence-electron chi connectivity index (χ0n) is 13.4. The molecule has 0 saturated heterocycles. The summed E-state index contributed by atoms with van der Waals surface area (Å²) in [6.07, 6.45) is 3.61. The second kappa shape index (κ2) is 5.95. The lowest BCUT2D eigenvalue weighted by Gasteiger charge is -2.39. The average molecular weight is 320 g/mol. The predicted octanol–water partition coefficient (Wildman–Crippen LogP) is 3.92. The predicted molar refractivity (Wildman–Crippen MR) is 92.5 cm³/mol. The van der Waals surface area contributed by atoms with Gasteiger partial charge in [0, 0.05) is 17.8 Å². The molecule has 120 valence electrons. The van der Waals surface area contributed by atoms with Crippen LogP contribution in [-0.4, -0.2) is 17.9 Å². The van der Waals surface area contributed by atoms with Crippen molar-refractivity contribution in [2.75, 3.05) is 12.1 Å². The molecule has 2 atom stereocenters. The standard InChI is InChI=1S/C17H24N2O2S/c1-11-6-13(9-17(2,3)8-11)19-16(22)18-12-4-5-14-15(7-12)21-10-20-14/h4-5,7,11,13H,6,8-10H2,1-3H3,(H2,18,19,22). The molecule has 1 aromatic rings. The first-order valence-corrected chi connectivity index (χ1v) is 8.29. The molecule has 0 aromatic heterocycles. The topological polar surface area (TPSA) is 42.5 Å². The van der Waals surface area contributed by atoms with Gasteiger partial charge in [0.2, 0.25) is 6.79 Å². The zero-order chi connectivity index (χ0) is 15.7. The van der Waals surface area contributed by atoms with Gasteiger partial charge in [0.15, 0.2) is 16.6 Å². The lowest BCUT2D eigenvalue weighted by Crippen LogP contribution is -2.44. The number of benzene rings is 1. The molecular formula is C17H24N2O2S. The number of hydrogen-bond acceptors (Lipinski definition) is 3. The van der Waals surface area contributed by atoms with Gasteiger partial charge in [0.05, 0.1) is 0 Å². The number of ether oxygens (including phenoxy) is 2. The Labute approximate surface area is 137 Å². The summed E-state index contributed by atoms with van der Waals surface area (Å²) in [6, 6.07) is 6.21. The van der Waals surface area contributed by atoms with Gasteiger partial charge < -0.3 is 20.1 Å². The molecule has 3 rings (SSSR count). The summed E-state index contributed by atoms with van der Waals surface area (Å²) in [7, 11) is 0. The summed E-state index contributed by atoms with van der Waals surface area (Å²) in [5.74, 6) is 2.28. The summed E-state index contributed by atoms with van der Waals surface area (Å²) in [5.41, 5.74) is 1.30. The quantitative estimate of drug-likeness (QED) is 0.809. The first-order chi connectivity index (χ1) is 10.4. The van der Waals surface area contributed by atoms with E-state index in [2.05, 4.69) is 31.4 Å². The average Bonchev–Trinajstić information content (AvgIpc) is 2.83. The van der Waals surface area contributed by atoms with Gasteiger partial charge in [0.1, 0.15) is 0 Å². The van der Waals surface area contributed by atoms with Gasteiger partial charge in [-0.1, -0.05) is 20.8 Å². The Bertz CT molecular complexity index is 574. The van der Waals surface area contributed by atoms with Crippen molar-refractivity contribution in [3.63, 3.8) is 0 Å². The molecule has 0 spiro atoms. The minimum atomic E-state index is 0.288. The van der Waals surface area contributed by atoms with Crippen molar-refractivity contribution in [3.8, 4) is 11.5 Å². The van der Waals surface area contributed by atoms with Crippen LogP contribution >= 0.6 is 12.2 Å². The molecule has 2 aliphatic rings. The molecule has 1 heterocycles. The van der Waals surface area contributed by atoms with E-state index < -0.39 is 0 Å². The van der Waals surface area contributed by atoms with Gasteiger partial charge in [-0.25, -0.2) is 0 Å². The van der Waals surface area contributed by atoms with E-state index in [-0.39, 0.29) is 6.79 Å². The second-order valence-electron chi connectivity index (χ2n) is 7.28. The fraction of sp³-hybridized carbons (Fsp3) is 0.588. The Kier molecular flexibility index (Phi) is 4.17. The maximum atomic E-state index is 5.46. The third-order valence-electron chi connectivity index (χ3n) is 4.35. The van der Waals surface area contributed by atoms with E-state index in [1.165, 1.54) is 12.8 Å². The van der Waals surface area contributed by atoms with E-state index in [1.807, 2.05) is 18.2 Å². The summed E-state index contributed by atoms with van der Waals surface area (Å²) in [4.78, 5) is 0. The molecule has 0 radical (unpaired) electrons. The minimum absolute atomic E-state index is 0.288. The summed E-state index contributed by atoms with van der Waals surface area (Å²) in [6.45, 7) is 7.29. The van der Waals surface area contributed by atoms with Crippen molar-refractivity contribution in [1.29, 1.82) is 0 Å². The van der Waals surface area contributed by atoms with Gasteiger partial charge >= 0.3 is 0 Å². The van der Waals surface area contributed by atoms with Crippen molar-refractivity contribution in [3.05, 3.63) is 18.2 Å². The highest BCUT2D eigenvalue weighted by atomic mass is 32.1. The van der Waals surface area contributed by atoms with E-state index >= 15 is 0 Å². The Morgan fingerprint density at radius 1 is 1.23 bits per heavy atom. The smallest absolute Gasteiger partial charge is 0.231 e. The fourth-order valence-electron chi connectivity index (χ4n) is 3.78. The summed E-state index contributed by atoms with van der Waals surface area (Å²) < 4.78 is 10.7. The molecule has 1 saturated carbocycles. The van der Waals surface area contributed by atoms with Crippen LogP contribution in [0.25, 0.3) is 0 Å². The number of rotatable bonds is 2. The lowest BCUT2D eigenvalue weighted by atomic mass is 9.71. The Balaban J connectivity index is 1.58. The number of thiocarbonyl (C=S) groups is 1. The molecule has 0 amide bonds. The molecule has 1 aliphatic carbocycles. The van der Waals surface area contributed by atoms with Crippen LogP contribution in [-0.2, 0) is 0 Å². The highest BCUT2D eigenvalue weighted by molar-refractivity contribution is 7.80. The second-order valence-corrected chi connectivity index (χ2v) is 7.69. The largest absolute Gasteiger partial charge is 0.454 e. The van der Waals surface area contributed by atoms with Gasteiger partial charge in [-0.3, -0.25) is 0 Å². The third-order valence-corrected chi connectivity index (χ3v) is 4.57. The number of anilines is 1. The Morgan fingerprint density at radius 3 is 2.77 bits per heavy atom. The van der Waals surface area contributed by atoms with Crippen LogP contribution in [0.1, 0.15) is 40.0 Å². The molecule has 0 bridgehead atoms. The van der Waals surface area contributed by atoms with E-state index in [9.17, 15) is 0 Å². The zero-order valence-corrected chi connectivity index (χ0v) is 14.3. The van der Waals surface area contributed by atoms with Crippen molar-refractivity contribution in [1.82, 2.24) is 5.32 Å². The molecule has 1 fully saturated rings. The van der Waals surface area contributed by atoms with Gasteiger partial charge in [-0.05, 0) is 54.9 Å². The van der Waals surface area contributed by atoms with Crippen LogP contribution in [0.15, 0.2) is 18.2 Å². The van der Waals surface area contributed by atoms with Crippen LogP contribution in [0.4, 0.5) is 5.69 Å². The molecule has 22 heavy (non-hydrogen) atoms. The van der Waals surface area contributed by atoms with E-state index in [1.54, 1.807) is 0 Å². The van der Waals surface area contributed by atoms with Crippen molar-refractivity contribution in [2.45, 2.75) is 46.1 Å². The Hall–Kier alpha value is -1.49. The van der Waals surface area contributed by atoms with Crippen LogP contribution in [0.2, 0.25) is 0 Å². The number of fused-ring (bicyclic) bond motifs is 1. The lowest BCUT2D eigenvalue weighted by molar-refractivity contribution is 0.162. The van der Waals surface area contributed by atoms with Crippen LogP contribution in [0.3, 0.4) is 0 Å². The van der Waals surface area contributed by atoms with E-state index in [4.69, 9.17) is 21.7 Å². The van der Waals surface area contributed by atoms with Crippen LogP contribution in [0.5, 0.6) is 11.5 Å². The van der Waals surface area contributed by atoms with Crippen LogP contribution in [0, 0.1) is 11.3 Å². The minimum Gasteiger partial charge on any atom is -0.454 e. The first kappa shape index (κ1) is 15.4. The normalized spacial score (nSPS) is 25.6. The Morgan fingerprint density at radius 2 is 2.00 bits per heavy atom. The maximum Gasteiger partial charge on any atom is 0.231 e. The monoisotopic (exact) mass is 320 g/mol. The summed E-state index contributed by atoms with van der Waals surface area (Å²) in [5, 5.41) is 7.39. The fourth-order valence-corrected chi connectivity index (χ4v) is 4.07. The van der Waals surface area contributed by atoms with Crippen molar-refractivity contribution in [2.24, 2.45) is 11.3 Å². The molecule has 1 aromatic carbocycles. The highest BCUT2D eigenvalue weighted by Crippen LogP contribution is 2.38. The third kappa shape index (κ3) is 3.64. The van der Waals surface area contributed by atoms with E-state index in [0.717, 1.165) is 29.5 Å². The van der Waals surface area contributed by atoms with Crippen LogP contribution < -0.4 is 20.1 Å². The molecule has 2 N–H and O–H groups in total. The SMILES string of the molecule is CC1CC(NC(=S)Nc2ccc3c(c2)OCO3)CC(C)(C)C1. The molecule has 5 heteroatoms. The number of nitrogens with one attached hydrogen (secondary N) is 2. The first-order valence-electron chi connectivity index (χ1n) is 7.88. The van der Waals surface area contributed by atoms with Crippen molar-refractivity contribution >= 4 is 23.0 Å². The summed E-state index contributed by atoms with van der Waals surface area (Å²) >= 11 is 5.46. The van der Waals surface area contributed by atoms with Gasteiger partial charge in [0.25, 0.3) is 0 Å². The highest BCUT2D eigenvalue weighted by Gasteiger charge is 2.32. The number of hydrogen-bond donors (Lipinski definition) is 2.